The first-order valence-corrected chi connectivity index (χ1v) is 7.84. The number of amides is 1. The van der Waals surface area contributed by atoms with Gasteiger partial charge in [0.25, 0.3) is 5.91 Å². The van der Waals surface area contributed by atoms with Crippen LogP contribution in [-0.2, 0) is 0 Å². The number of carbonyl (C=O) groups excluding carboxylic acids is 1. The Hall–Kier alpha value is -2.47. The van der Waals surface area contributed by atoms with Crippen LogP contribution in [0.1, 0.15) is 39.5 Å². The van der Waals surface area contributed by atoms with Crippen LogP contribution in [0.3, 0.4) is 0 Å². The molecule has 3 aromatic rings. The van der Waals surface area contributed by atoms with Crippen molar-refractivity contribution >= 4 is 23.1 Å². The number of hydrogen-bond donors (Lipinski definition) is 2. The highest BCUT2D eigenvalue weighted by molar-refractivity contribution is 7.12. The lowest BCUT2D eigenvalue weighted by molar-refractivity contribution is 0.103. The molecular formula is C16H16N4OS. The number of thiophene rings is 1. The zero-order valence-corrected chi connectivity index (χ0v) is 13.1. The maximum absolute atomic E-state index is 12.1. The molecule has 3 rings (SSSR count). The van der Waals surface area contributed by atoms with E-state index in [2.05, 4.69) is 20.5 Å². The molecule has 0 radical (unpaired) electrons. The molecule has 0 aliphatic heterocycles. The van der Waals surface area contributed by atoms with Crippen molar-refractivity contribution < 1.29 is 4.79 Å². The molecule has 0 saturated heterocycles. The fourth-order valence-corrected chi connectivity index (χ4v) is 2.94. The van der Waals surface area contributed by atoms with Crippen molar-refractivity contribution in [1.29, 1.82) is 0 Å². The molecule has 1 atom stereocenters. The van der Waals surface area contributed by atoms with Crippen molar-refractivity contribution in [3.05, 3.63) is 63.7 Å². The monoisotopic (exact) mass is 312 g/mol. The molecule has 0 aromatic carbocycles. The van der Waals surface area contributed by atoms with E-state index in [-0.39, 0.29) is 11.8 Å². The number of aromatic nitrogens is 3. The number of hydrogen-bond acceptors (Lipinski definition) is 4. The molecule has 0 aliphatic rings. The largest absolute Gasteiger partial charge is 0.304 e. The van der Waals surface area contributed by atoms with Crippen LogP contribution in [0, 0.1) is 6.92 Å². The number of anilines is 1. The van der Waals surface area contributed by atoms with E-state index < -0.39 is 0 Å². The molecule has 112 valence electrons. The van der Waals surface area contributed by atoms with Crippen LogP contribution >= 0.6 is 11.3 Å². The maximum Gasteiger partial charge on any atom is 0.266 e. The van der Waals surface area contributed by atoms with Crippen molar-refractivity contribution in [3.63, 3.8) is 0 Å². The summed E-state index contributed by atoms with van der Waals surface area (Å²) >= 11 is 1.43. The van der Waals surface area contributed by atoms with Crippen LogP contribution in [-0.4, -0.2) is 21.1 Å². The van der Waals surface area contributed by atoms with Crippen molar-refractivity contribution in [3.8, 4) is 0 Å². The number of aryl methyl sites for hydroxylation is 1. The number of carbonyl (C=O) groups is 1. The minimum absolute atomic E-state index is 0.0864. The van der Waals surface area contributed by atoms with Gasteiger partial charge >= 0.3 is 0 Å². The van der Waals surface area contributed by atoms with E-state index >= 15 is 0 Å². The Morgan fingerprint density at radius 1 is 1.36 bits per heavy atom. The van der Waals surface area contributed by atoms with E-state index in [0.717, 1.165) is 17.0 Å². The highest BCUT2D eigenvalue weighted by atomic mass is 32.1. The molecular weight excluding hydrogens is 296 g/mol. The third kappa shape index (κ3) is 3.07. The summed E-state index contributed by atoms with van der Waals surface area (Å²) < 4.78 is 0. The predicted molar refractivity (Wildman–Crippen MR) is 87.4 cm³/mol. The van der Waals surface area contributed by atoms with Gasteiger partial charge in [-0.3, -0.25) is 14.9 Å². The molecule has 1 amide bonds. The molecule has 3 heterocycles. The average Bonchev–Trinajstić information content (AvgIpc) is 3.16. The average molecular weight is 312 g/mol. The van der Waals surface area contributed by atoms with Gasteiger partial charge in [-0.25, -0.2) is 0 Å². The molecule has 0 spiro atoms. The third-order valence-corrected chi connectivity index (χ3v) is 4.44. The molecule has 6 heteroatoms. The van der Waals surface area contributed by atoms with E-state index in [1.165, 1.54) is 11.3 Å². The Bertz CT molecular complexity index is 778. The van der Waals surface area contributed by atoms with Crippen LogP contribution in [0.2, 0.25) is 0 Å². The fraction of sp³-hybridized carbons (Fsp3) is 0.188. The number of nitrogens with zero attached hydrogens (tertiary/aromatic N) is 2. The minimum Gasteiger partial charge on any atom is -0.304 e. The molecule has 2 N–H and O–H groups in total. The lowest BCUT2D eigenvalue weighted by atomic mass is 10.0. The highest BCUT2D eigenvalue weighted by Gasteiger charge is 2.15. The van der Waals surface area contributed by atoms with Crippen LogP contribution < -0.4 is 5.32 Å². The molecule has 0 bridgehead atoms. The first-order chi connectivity index (χ1) is 10.6. The number of rotatable bonds is 4. The molecule has 5 nitrogen and oxygen atoms in total. The fourth-order valence-electron chi connectivity index (χ4n) is 2.14. The Morgan fingerprint density at radius 3 is 2.91 bits per heavy atom. The summed E-state index contributed by atoms with van der Waals surface area (Å²) in [5, 5.41) is 11.9. The lowest BCUT2D eigenvalue weighted by Gasteiger charge is -2.07. The second-order valence-corrected chi connectivity index (χ2v) is 6.04. The van der Waals surface area contributed by atoms with E-state index in [1.807, 2.05) is 49.6 Å². The zero-order valence-electron chi connectivity index (χ0n) is 12.3. The first-order valence-electron chi connectivity index (χ1n) is 6.96. The second-order valence-electron chi connectivity index (χ2n) is 5.13. The summed E-state index contributed by atoms with van der Waals surface area (Å²) in [6.07, 6.45) is 1.77. The Kier molecular flexibility index (Phi) is 4.02. The van der Waals surface area contributed by atoms with Gasteiger partial charge in [0.05, 0.1) is 4.88 Å². The summed E-state index contributed by atoms with van der Waals surface area (Å²) in [4.78, 5) is 17.1. The van der Waals surface area contributed by atoms with Crippen LogP contribution in [0.4, 0.5) is 5.82 Å². The first kappa shape index (κ1) is 14.5. The number of pyridine rings is 1. The molecule has 0 fully saturated rings. The summed E-state index contributed by atoms with van der Waals surface area (Å²) in [6.45, 7) is 4.01. The van der Waals surface area contributed by atoms with Gasteiger partial charge in [-0.2, -0.15) is 5.10 Å². The predicted octanol–water partition coefficient (Wildman–Crippen LogP) is 3.58. The standard InChI is InChI=1S/C16H16N4OS/c1-10-7-14(22-9-10)16(21)18-15-8-13(19-20-15)11(2)12-5-3-4-6-17-12/h3-9,11H,1-2H3,(H2,18,19,20,21). The molecule has 1 unspecified atom stereocenters. The Balaban J connectivity index is 1.72. The summed E-state index contributed by atoms with van der Waals surface area (Å²) in [5.74, 6) is 0.471. The van der Waals surface area contributed by atoms with Crippen molar-refractivity contribution in [2.45, 2.75) is 19.8 Å². The number of H-pyrrole nitrogens is 1. The second kappa shape index (κ2) is 6.11. The Labute approximate surface area is 132 Å². The smallest absolute Gasteiger partial charge is 0.266 e. The molecule has 0 aliphatic carbocycles. The van der Waals surface area contributed by atoms with Gasteiger partial charge in [0.1, 0.15) is 0 Å². The van der Waals surface area contributed by atoms with Gasteiger partial charge in [-0.15, -0.1) is 11.3 Å². The number of aromatic amines is 1. The highest BCUT2D eigenvalue weighted by Crippen LogP contribution is 2.23. The minimum atomic E-state index is -0.137. The molecule has 22 heavy (non-hydrogen) atoms. The van der Waals surface area contributed by atoms with Gasteiger partial charge in [0.2, 0.25) is 0 Å². The van der Waals surface area contributed by atoms with E-state index in [1.54, 1.807) is 6.20 Å². The van der Waals surface area contributed by atoms with Gasteiger partial charge in [-0.05, 0) is 36.1 Å². The lowest BCUT2D eigenvalue weighted by Crippen LogP contribution is -2.10. The summed E-state index contributed by atoms with van der Waals surface area (Å²) in [7, 11) is 0. The third-order valence-electron chi connectivity index (χ3n) is 3.39. The SMILES string of the molecule is Cc1csc(C(=O)Nc2cc(C(C)c3ccccn3)[nH]n2)c1. The maximum atomic E-state index is 12.1. The van der Waals surface area contributed by atoms with Gasteiger partial charge in [0.15, 0.2) is 5.82 Å². The normalized spacial score (nSPS) is 12.1. The van der Waals surface area contributed by atoms with Crippen LogP contribution in [0.5, 0.6) is 0 Å². The zero-order chi connectivity index (χ0) is 15.5. The van der Waals surface area contributed by atoms with Crippen LogP contribution in [0.25, 0.3) is 0 Å². The van der Waals surface area contributed by atoms with Crippen molar-refractivity contribution in [1.82, 2.24) is 15.2 Å². The summed E-state index contributed by atoms with van der Waals surface area (Å²) in [5.41, 5.74) is 2.95. The van der Waals surface area contributed by atoms with Gasteiger partial charge < -0.3 is 5.32 Å². The quantitative estimate of drug-likeness (QED) is 0.773. The van der Waals surface area contributed by atoms with E-state index in [4.69, 9.17) is 0 Å². The molecule has 3 aromatic heterocycles. The van der Waals surface area contributed by atoms with Crippen molar-refractivity contribution in [2.75, 3.05) is 5.32 Å². The topological polar surface area (TPSA) is 70.7 Å². The summed E-state index contributed by atoms with van der Waals surface area (Å²) in [6, 6.07) is 9.52. The van der Waals surface area contributed by atoms with Gasteiger partial charge in [0, 0.05) is 29.6 Å². The van der Waals surface area contributed by atoms with Crippen LogP contribution in [0.15, 0.2) is 41.9 Å². The Morgan fingerprint density at radius 2 is 2.23 bits per heavy atom. The van der Waals surface area contributed by atoms with E-state index in [0.29, 0.717) is 10.7 Å². The molecule has 0 saturated carbocycles. The van der Waals surface area contributed by atoms with E-state index in [9.17, 15) is 4.79 Å². The number of nitrogens with one attached hydrogen (secondary N) is 2. The van der Waals surface area contributed by atoms with Crippen molar-refractivity contribution in [2.24, 2.45) is 0 Å². The van der Waals surface area contributed by atoms with Gasteiger partial charge in [-0.1, -0.05) is 13.0 Å².